The van der Waals surface area contributed by atoms with Gasteiger partial charge in [0.05, 0.1) is 29.7 Å². The molecular formula is C22H20N4O6. The highest BCUT2D eigenvalue weighted by Crippen LogP contribution is 2.27. The van der Waals surface area contributed by atoms with E-state index in [1.807, 2.05) is 6.92 Å². The molecule has 1 aromatic carbocycles. The Morgan fingerprint density at radius 1 is 1.25 bits per heavy atom. The Labute approximate surface area is 183 Å². The van der Waals surface area contributed by atoms with Crippen molar-refractivity contribution in [3.63, 3.8) is 0 Å². The predicted molar refractivity (Wildman–Crippen MR) is 113 cm³/mol. The number of nitriles is 1. The number of nitrogens with zero attached hydrogens (tertiary/aromatic N) is 3. The van der Waals surface area contributed by atoms with E-state index in [0.717, 1.165) is 5.69 Å². The molecule has 0 radical (unpaired) electrons. The number of anilines is 1. The van der Waals surface area contributed by atoms with Crippen LogP contribution < -0.4 is 5.32 Å². The molecule has 3 aromatic rings. The highest BCUT2D eigenvalue weighted by molar-refractivity contribution is 5.94. The lowest BCUT2D eigenvalue weighted by molar-refractivity contribution is -0.385. The minimum atomic E-state index is -0.784. The first-order valence-electron chi connectivity index (χ1n) is 9.61. The fraction of sp³-hybridized carbons (Fsp3) is 0.227. The van der Waals surface area contributed by atoms with Gasteiger partial charge in [-0.05, 0) is 31.5 Å². The van der Waals surface area contributed by atoms with Gasteiger partial charge in [0.25, 0.3) is 11.6 Å². The maximum atomic E-state index is 12.4. The highest BCUT2D eigenvalue weighted by Gasteiger charge is 2.21. The van der Waals surface area contributed by atoms with E-state index < -0.39 is 23.4 Å². The molecule has 0 aliphatic carbocycles. The Hall–Kier alpha value is -4.39. The second-order valence-electron chi connectivity index (χ2n) is 6.98. The summed E-state index contributed by atoms with van der Waals surface area (Å²) in [7, 11) is 0. The molecule has 164 valence electrons. The van der Waals surface area contributed by atoms with Gasteiger partial charge in [0.1, 0.15) is 17.6 Å². The predicted octanol–water partition coefficient (Wildman–Crippen LogP) is 3.25. The average Bonchev–Trinajstić information content (AvgIpc) is 3.35. The number of amides is 1. The van der Waals surface area contributed by atoms with Crippen LogP contribution in [0, 0.1) is 35.3 Å². The number of nitrogens with one attached hydrogen (secondary N) is 1. The summed E-state index contributed by atoms with van der Waals surface area (Å²) in [5.41, 5.74) is 1.78. The topological polar surface area (TPSA) is 140 Å². The van der Waals surface area contributed by atoms with Gasteiger partial charge in [-0.2, -0.15) is 5.26 Å². The third-order valence-corrected chi connectivity index (χ3v) is 4.98. The minimum absolute atomic E-state index is 0.188. The maximum absolute atomic E-state index is 12.4. The molecular weight excluding hydrogens is 416 g/mol. The number of carbonyl (C=O) groups is 2. The van der Waals surface area contributed by atoms with Crippen LogP contribution in [0.25, 0.3) is 0 Å². The zero-order valence-corrected chi connectivity index (χ0v) is 17.5. The molecule has 0 saturated heterocycles. The van der Waals surface area contributed by atoms with Crippen LogP contribution in [0.3, 0.4) is 0 Å². The van der Waals surface area contributed by atoms with Crippen molar-refractivity contribution in [3.05, 3.63) is 80.9 Å². The number of hydrogen-bond acceptors (Lipinski definition) is 7. The van der Waals surface area contributed by atoms with Gasteiger partial charge < -0.3 is 19.0 Å². The molecule has 10 nitrogen and oxygen atoms in total. The lowest BCUT2D eigenvalue weighted by Gasteiger charge is -2.12. The number of rotatable bonds is 8. The van der Waals surface area contributed by atoms with Crippen LogP contribution in [-0.2, 0) is 27.3 Å². The summed E-state index contributed by atoms with van der Waals surface area (Å²) >= 11 is 0. The number of nitro groups is 1. The Balaban J connectivity index is 1.69. The van der Waals surface area contributed by atoms with Crippen LogP contribution in [0.1, 0.15) is 28.1 Å². The van der Waals surface area contributed by atoms with Crippen molar-refractivity contribution in [1.29, 1.82) is 5.26 Å². The van der Waals surface area contributed by atoms with Crippen LogP contribution in [0.15, 0.2) is 47.1 Å². The van der Waals surface area contributed by atoms with E-state index in [1.165, 1.54) is 24.5 Å². The first kappa shape index (κ1) is 22.3. The van der Waals surface area contributed by atoms with E-state index in [4.69, 9.17) is 9.15 Å². The molecule has 0 saturated carbocycles. The van der Waals surface area contributed by atoms with E-state index in [1.54, 1.807) is 29.7 Å². The molecule has 10 heteroatoms. The number of benzene rings is 1. The number of nitro benzene ring substituents is 1. The lowest BCUT2D eigenvalue weighted by Crippen LogP contribution is -2.23. The maximum Gasteiger partial charge on any atom is 0.311 e. The van der Waals surface area contributed by atoms with Gasteiger partial charge in [-0.3, -0.25) is 19.7 Å². The summed E-state index contributed by atoms with van der Waals surface area (Å²) in [6.45, 7) is 3.29. The Kier molecular flexibility index (Phi) is 6.70. The number of carbonyl (C=O) groups excluding carboxylic acids is 2. The molecule has 2 aromatic heterocycles. The third kappa shape index (κ3) is 4.84. The SMILES string of the molecule is Cc1c(C#N)c(NC(=O)COC(=O)Cc2ccccc2[N+](=O)[O-])n(Cc2ccco2)c1C. The van der Waals surface area contributed by atoms with E-state index in [9.17, 15) is 25.0 Å². The molecule has 0 atom stereocenters. The van der Waals surface area contributed by atoms with Gasteiger partial charge in [-0.1, -0.05) is 18.2 Å². The third-order valence-electron chi connectivity index (χ3n) is 4.98. The van der Waals surface area contributed by atoms with Crippen LogP contribution in [0.4, 0.5) is 11.5 Å². The summed E-state index contributed by atoms with van der Waals surface area (Å²) in [6.07, 6.45) is 1.18. The first-order valence-corrected chi connectivity index (χ1v) is 9.61. The quantitative estimate of drug-likeness (QED) is 0.325. The van der Waals surface area contributed by atoms with Crippen molar-refractivity contribution >= 4 is 23.4 Å². The van der Waals surface area contributed by atoms with Gasteiger partial charge in [0, 0.05) is 17.3 Å². The molecule has 0 unspecified atom stereocenters. The van der Waals surface area contributed by atoms with Crippen LogP contribution in [-0.4, -0.2) is 28.0 Å². The summed E-state index contributed by atoms with van der Waals surface area (Å²) in [5.74, 6) is -0.512. The molecule has 1 amide bonds. The second kappa shape index (κ2) is 9.61. The second-order valence-corrected chi connectivity index (χ2v) is 6.98. The molecule has 0 spiro atoms. The summed E-state index contributed by atoms with van der Waals surface area (Å²) < 4.78 is 12.1. The van der Waals surface area contributed by atoms with E-state index in [2.05, 4.69) is 11.4 Å². The van der Waals surface area contributed by atoms with Crippen LogP contribution in [0.5, 0.6) is 0 Å². The zero-order chi connectivity index (χ0) is 23.3. The van der Waals surface area contributed by atoms with E-state index >= 15 is 0 Å². The number of ether oxygens (including phenoxy) is 1. The molecule has 0 bridgehead atoms. The summed E-state index contributed by atoms with van der Waals surface area (Å²) in [4.78, 5) is 35.0. The molecule has 0 fully saturated rings. The van der Waals surface area contributed by atoms with Gasteiger partial charge in [0.15, 0.2) is 6.61 Å². The lowest BCUT2D eigenvalue weighted by atomic mass is 10.1. The van der Waals surface area contributed by atoms with Crippen LogP contribution >= 0.6 is 0 Å². The monoisotopic (exact) mass is 436 g/mol. The Morgan fingerprint density at radius 3 is 2.66 bits per heavy atom. The van der Waals surface area contributed by atoms with Crippen molar-refractivity contribution in [2.24, 2.45) is 0 Å². The van der Waals surface area contributed by atoms with Crippen molar-refractivity contribution in [3.8, 4) is 6.07 Å². The minimum Gasteiger partial charge on any atom is -0.467 e. The fourth-order valence-electron chi connectivity index (χ4n) is 3.25. The number of hydrogen-bond donors (Lipinski definition) is 1. The molecule has 0 aliphatic heterocycles. The van der Waals surface area contributed by atoms with Crippen molar-refractivity contribution in [2.75, 3.05) is 11.9 Å². The number of aromatic nitrogens is 1. The van der Waals surface area contributed by atoms with Gasteiger partial charge in [-0.15, -0.1) is 0 Å². The Bertz CT molecular complexity index is 1200. The van der Waals surface area contributed by atoms with E-state index in [0.29, 0.717) is 23.4 Å². The average molecular weight is 436 g/mol. The summed E-state index contributed by atoms with van der Waals surface area (Å²) in [5, 5.41) is 23.2. The molecule has 3 rings (SSSR count). The van der Waals surface area contributed by atoms with Crippen molar-refractivity contribution in [2.45, 2.75) is 26.8 Å². The van der Waals surface area contributed by atoms with Gasteiger partial charge in [-0.25, -0.2) is 0 Å². The van der Waals surface area contributed by atoms with Gasteiger partial charge in [0.2, 0.25) is 0 Å². The van der Waals surface area contributed by atoms with Crippen molar-refractivity contribution < 1.29 is 23.7 Å². The normalized spacial score (nSPS) is 10.4. The Morgan fingerprint density at radius 2 is 2.00 bits per heavy atom. The summed E-state index contributed by atoms with van der Waals surface area (Å²) in [6, 6.07) is 11.4. The highest BCUT2D eigenvalue weighted by atomic mass is 16.6. The van der Waals surface area contributed by atoms with E-state index in [-0.39, 0.29) is 23.5 Å². The number of furan rings is 1. The number of esters is 1. The molecule has 0 aliphatic rings. The smallest absolute Gasteiger partial charge is 0.311 e. The fourth-order valence-corrected chi connectivity index (χ4v) is 3.25. The zero-order valence-electron chi connectivity index (χ0n) is 17.5. The molecule has 32 heavy (non-hydrogen) atoms. The number of para-hydroxylation sites is 1. The van der Waals surface area contributed by atoms with Gasteiger partial charge >= 0.3 is 5.97 Å². The molecule has 2 heterocycles. The molecule has 1 N–H and O–H groups in total. The largest absolute Gasteiger partial charge is 0.467 e. The van der Waals surface area contributed by atoms with Crippen LogP contribution in [0.2, 0.25) is 0 Å². The van der Waals surface area contributed by atoms with Crippen molar-refractivity contribution in [1.82, 2.24) is 4.57 Å². The first-order chi connectivity index (χ1) is 15.3. The standard InChI is InChI=1S/C22H20N4O6/c1-14-15(2)25(12-17-7-5-9-31-17)22(18(14)11-23)24-20(27)13-32-21(28)10-16-6-3-4-8-19(16)26(29)30/h3-9H,10,12-13H2,1-2H3,(H,24,27).